The zero-order valence-corrected chi connectivity index (χ0v) is 12.7. The summed E-state index contributed by atoms with van der Waals surface area (Å²) < 4.78 is 0. The first-order valence-electron chi connectivity index (χ1n) is 6.96. The highest BCUT2D eigenvalue weighted by molar-refractivity contribution is 7.10. The zero-order valence-electron chi connectivity index (χ0n) is 11.9. The number of rotatable bonds is 4. The van der Waals surface area contributed by atoms with Gasteiger partial charge >= 0.3 is 0 Å². The highest BCUT2D eigenvalue weighted by Gasteiger charge is 2.30. The quantitative estimate of drug-likeness (QED) is 0.883. The number of fused-ring (bicyclic) bond motifs is 1. The molecule has 0 bridgehead atoms. The van der Waals surface area contributed by atoms with Gasteiger partial charge in [-0.2, -0.15) is 0 Å². The lowest BCUT2D eigenvalue weighted by Gasteiger charge is -2.33. The third-order valence-corrected chi connectivity index (χ3v) is 4.79. The van der Waals surface area contributed by atoms with Crippen LogP contribution in [0.15, 0.2) is 41.8 Å². The summed E-state index contributed by atoms with van der Waals surface area (Å²) >= 11 is 1.80. The Morgan fingerprint density at radius 2 is 2.14 bits per heavy atom. The first-order valence-corrected chi connectivity index (χ1v) is 7.84. The predicted molar refractivity (Wildman–Crippen MR) is 82.8 cm³/mol. The summed E-state index contributed by atoms with van der Waals surface area (Å²) in [5, 5.41) is 2.13. The van der Waals surface area contributed by atoms with E-state index in [4.69, 9.17) is 4.84 Å². The summed E-state index contributed by atoms with van der Waals surface area (Å²) in [7, 11) is 1.47. The van der Waals surface area contributed by atoms with Crippen LogP contribution in [0.25, 0.3) is 0 Å². The Bertz CT molecular complexity index is 612. The van der Waals surface area contributed by atoms with E-state index in [0.717, 1.165) is 25.1 Å². The molecule has 1 amide bonds. The van der Waals surface area contributed by atoms with Gasteiger partial charge in [0.15, 0.2) is 0 Å². The van der Waals surface area contributed by atoms with Crippen LogP contribution in [-0.2, 0) is 22.6 Å². The monoisotopic (exact) mass is 302 g/mol. The van der Waals surface area contributed by atoms with Gasteiger partial charge < -0.3 is 0 Å². The van der Waals surface area contributed by atoms with Crippen molar-refractivity contribution in [3.63, 3.8) is 0 Å². The van der Waals surface area contributed by atoms with Gasteiger partial charge in [0.25, 0.3) is 5.91 Å². The minimum atomic E-state index is -0.320. The van der Waals surface area contributed by atoms with Crippen molar-refractivity contribution in [3.05, 3.63) is 57.8 Å². The lowest BCUT2D eigenvalue weighted by Crippen LogP contribution is -2.42. The fourth-order valence-corrected chi connectivity index (χ4v) is 3.70. The number of thiophene rings is 1. The molecule has 0 radical (unpaired) electrons. The van der Waals surface area contributed by atoms with Crippen LogP contribution in [-0.4, -0.2) is 24.5 Å². The number of amides is 1. The average Bonchev–Trinajstić information content (AvgIpc) is 2.96. The van der Waals surface area contributed by atoms with E-state index in [1.54, 1.807) is 11.3 Å². The molecule has 1 aliphatic heterocycles. The second kappa shape index (κ2) is 6.39. The molecule has 1 N–H and O–H groups in total. The van der Waals surface area contributed by atoms with Gasteiger partial charge in [-0.1, -0.05) is 30.3 Å². The summed E-state index contributed by atoms with van der Waals surface area (Å²) in [6.45, 7) is 1.68. The van der Waals surface area contributed by atoms with Crippen molar-refractivity contribution in [2.75, 3.05) is 13.7 Å². The molecule has 2 heterocycles. The standard InChI is InChI=1S/C16H18N2O2S/c1-20-17-16(19)15(12-5-3-2-4-6-12)18-9-7-14-13(11-18)8-10-21-14/h2-6,8,10,15H,7,9,11H2,1H3,(H,17,19). The topological polar surface area (TPSA) is 41.6 Å². The lowest BCUT2D eigenvalue weighted by atomic mass is 10.0. The van der Waals surface area contributed by atoms with E-state index >= 15 is 0 Å². The van der Waals surface area contributed by atoms with E-state index in [1.165, 1.54) is 17.6 Å². The molecular formula is C16H18N2O2S. The molecule has 2 aromatic rings. The number of benzene rings is 1. The van der Waals surface area contributed by atoms with Crippen LogP contribution in [0.1, 0.15) is 22.0 Å². The van der Waals surface area contributed by atoms with Crippen molar-refractivity contribution < 1.29 is 9.63 Å². The number of hydrogen-bond acceptors (Lipinski definition) is 4. The maximum atomic E-state index is 12.4. The Morgan fingerprint density at radius 3 is 2.90 bits per heavy atom. The van der Waals surface area contributed by atoms with Gasteiger partial charge in [-0.15, -0.1) is 11.3 Å². The normalized spacial score (nSPS) is 16.2. The Labute approximate surface area is 128 Å². The molecule has 1 atom stereocenters. The molecule has 0 aliphatic carbocycles. The van der Waals surface area contributed by atoms with Gasteiger partial charge in [0.2, 0.25) is 0 Å². The van der Waals surface area contributed by atoms with Crippen LogP contribution in [0.2, 0.25) is 0 Å². The molecule has 21 heavy (non-hydrogen) atoms. The van der Waals surface area contributed by atoms with Crippen LogP contribution >= 0.6 is 11.3 Å². The summed E-state index contributed by atoms with van der Waals surface area (Å²) in [6.07, 6.45) is 0.997. The van der Waals surface area contributed by atoms with Gasteiger partial charge in [-0.3, -0.25) is 14.5 Å². The fraction of sp³-hybridized carbons (Fsp3) is 0.312. The van der Waals surface area contributed by atoms with E-state index in [-0.39, 0.29) is 11.9 Å². The summed E-state index contributed by atoms with van der Waals surface area (Å²) in [5.41, 5.74) is 4.80. The molecule has 1 unspecified atom stereocenters. The van der Waals surface area contributed by atoms with Crippen LogP contribution in [0, 0.1) is 0 Å². The molecule has 0 spiro atoms. The van der Waals surface area contributed by atoms with Gasteiger partial charge in [0, 0.05) is 18.0 Å². The van der Waals surface area contributed by atoms with E-state index in [2.05, 4.69) is 21.8 Å². The van der Waals surface area contributed by atoms with Crippen LogP contribution < -0.4 is 5.48 Å². The Morgan fingerprint density at radius 1 is 1.33 bits per heavy atom. The highest BCUT2D eigenvalue weighted by atomic mass is 32.1. The first-order chi connectivity index (χ1) is 10.3. The van der Waals surface area contributed by atoms with E-state index in [0.29, 0.717) is 0 Å². The molecular weight excluding hydrogens is 284 g/mol. The maximum absolute atomic E-state index is 12.4. The smallest absolute Gasteiger partial charge is 0.265 e. The molecule has 5 heteroatoms. The third kappa shape index (κ3) is 3.00. The molecule has 110 valence electrons. The van der Waals surface area contributed by atoms with Gasteiger partial charge in [-0.05, 0) is 29.0 Å². The second-order valence-corrected chi connectivity index (χ2v) is 6.07. The number of carbonyl (C=O) groups is 1. The fourth-order valence-electron chi connectivity index (χ4n) is 2.81. The van der Waals surface area contributed by atoms with Gasteiger partial charge in [-0.25, -0.2) is 5.48 Å². The number of hydroxylamine groups is 1. The molecule has 1 aliphatic rings. The van der Waals surface area contributed by atoms with Crippen molar-refractivity contribution in [2.24, 2.45) is 0 Å². The summed E-state index contributed by atoms with van der Waals surface area (Å²) in [5.74, 6) is -0.123. The molecule has 1 aromatic heterocycles. The number of nitrogens with one attached hydrogen (secondary N) is 1. The van der Waals surface area contributed by atoms with Gasteiger partial charge in [0.1, 0.15) is 6.04 Å². The van der Waals surface area contributed by atoms with E-state index < -0.39 is 0 Å². The number of nitrogens with zero attached hydrogens (tertiary/aromatic N) is 1. The Hall–Kier alpha value is -1.69. The molecule has 3 rings (SSSR count). The maximum Gasteiger partial charge on any atom is 0.265 e. The molecule has 1 aromatic carbocycles. The molecule has 0 saturated heterocycles. The van der Waals surface area contributed by atoms with Crippen molar-refractivity contribution in [2.45, 2.75) is 19.0 Å². The average molecular weight is 302 g/mol. The lowest BCUT2D eigenvalue weighted by molar-refractivity contribution is -0.137. The first kappa shape index (κ1) is 14.3. The van der Waals surface area contributed by atoms with Crippen molar-refractivity contribution in [3.8, 4) is 0 Å². The van der Waals surface area contributed by atoms with Gasteiger partial charge in [0.05, 0.1) is 7.11 Å². The Balaban J connectivity index is 1.88. The largest absolute Gasteiger partial charge is 0.284 e. The summed E-state index contributed by atoms with van der Waals surface area (Å²) in [6, 6.07) is 11.7. The van der Waals surface area contributed by atoms with Crippen molar-refractivity contribution >= 4 is 17.2 Å². The van der Waals surface area contributed by atoms with E-state index in [1.807, 2.05) is 30.3 Å². The zero-order chi connectivity index (χ0) is 14.7. The minimum absolute atomic E-state index is 0.123. The van der Waals surface area contributed by atoms with Crippen LogP contribution in [0.4, 0.5) is 0 Å². The molecule has 0 fully saturated rings. The molecule has 4 nitrogen and oxygen atoms in total. The number of hydrogen-bond donors (Lipinski definition) is 1. The third-order valence-electron chi connectivity index (χ3n) is 3.77. The number of carbonyl (C=O) groups excluding carboxylic acids is 1. The highest BCUT2D eigenvalue weighted by Crippen LogP contribution is 2.30. The van der Waals surface area contributed by atoms with E-state index in [9.17, 15) is 4.79 Å². The van der Waals surface area contributed by atoms with Crippen molar-refractivity contribution in [1.29, 1.82) is 0 Å². The second-order valence-electron chi connectivity index (χ2n) is 5.07. The Kier molecular flexibility index (Phi) is 4.34. The minimum Gasteiger partial charge on any atom is -0.284 e. The SMILES string of the molecule is CONC(=O)C(c1ccccc1)N1CCc2sccc2C1. The van der Waals surface area contributed by atoms with Crippen molar-refractivity contribution in [1.82, 2.24) is 10.4 Å². The predicted octanol–water partition coefficient (Wildman–Crippen LogP) is 2.53. The summed E-state index contributed by atoms with van der Waals surface area (Å²) in [4.78, 5) is 20.9. The molecule has 0 saturated carbocycles. The van der Waals surface area contributed by atoms with Crippen LogP contribution in [0.5, 0.6) is 0 Å². The van der Waals surface area contributed by atoms with Crippen LogP contribution in [0.3, 0.4) is 0 Å².